The van der Waals surface area contributed by atoms with Gasteiger partial charge in [0.25, 0.3) is 0 Å². The van der Waals surface area contributed by atoms with Crippen LogP contribution in [0.5, 0.6) is 0 Å². The molecule has 3 aromatic carbocycles. The zero-order valence-corrected chi connectivity index (χ0v) is 21.8. The van der Waals surface area contributed by atoms with Crippen molar-refractivity contribution in [3.8, 4) is 11.1 Å². The number of ketones is 2. The minimum Gasteiger partial charge on any atom is -0.288 e. The van der Waals surface area contributed by atoms with Crippen LogP contribution in [0.1, 0.15) is 61.6 Å². The number of hydrogen-bond donors (Lipinski definition) is 0. The highest BCUT2D eigenvalue weighted by Crippen LogP contribution is 2.44. The summed E-state index contributed by atoms with van der Waals surface area (Å²) in [6, 6.07) is 23.0. The molecule has 5 heteroatoms. The zero-order chi connectivity index (χ0) is 24.1. The summed E-state index contributed by atoms with van der Waals surface area (Å²) in [5, 5.41) is 0. The molecule has 2 aliphatic carbocycles. The van der Waals surface area contributed by atoms with Crippen molar-refractivity contribution in [2.75, 3.05) is 0 Å². The lowest BCUT2D eigenvalue weighted by molar-refractivity contribution is 0.0975. The lowest BCUT2D eigenvalue weighted by Gasteiger charge is -2.28. The molecule has 0 saturated heterocycles. The molecule has 1 heterocycles. The van der Waals surface area contributed by atoms with Crippen molar-refractivity contribution in [1.29, 1.82) is 0 Å². The van der Waals surface area contributed by atoms with Crippen molar-refractivity contribution in [2.24, 2.45) is 0 Å². The molecule has 3 nitrogen and oxygen atoms in total. The lowest BCUT2D eigenvalue weighted by Crippen LogP contribution is -2.26. The van der Waals surface area contributed by atoms with Crippen molar-refractivity contribution >= 4 is 55.1 Å². The van der Waals surface area contributed by atoms with Crippen molar-refractivity contribution in [2.45, 2.75) is 19.3 Å². The highest BCUT2D eigenvalue weighted by molar-refractivity contribution is 9.10. The summed E-state index contributed by atoms with van der Waals surface area (Å²) in [6.45, 7) is 0. The third kappa shape index (κ3) is 3.65. The second-order valence-electron chi connectivity index (χ2n) is 8.77. The van der Waals surface area contributed by atoms with Crippen LogP contribution in [0.15, 0.2) is 81.7 Å². The van der Waals surface area contributed by atoms with Crippen LogP contribution < -0.4 is 0 Å². The molecular formula is C30H19Br2NO2. The van der Waals surface area contributed by atoms with E-state index in [0.717, 1.165) is 61.7 Å². The summed E-state index contributed by atoms with van der Waals surface area (Å²) in [6.07, 6.45) is 4.74. The second-order valence-corrected chi connectivity index (χ2v) is 10.5. The van der Waals surface area contributed by atoms with E-state index >= 15 is 0 Å². The number of allylic oxidation sites excluding steroid dienone is 1. The molecule has 0 amide bonds. The minimum absolute atomic E-state index is 0.141. The molecule has 4 aromatic rings. The van der Waals surface area contributed by atoms with Gasteiger partial charge in [-0.05, 0) is 59.7 Å². The summed E-state index contributed by atoms with van der Waals surface area (Å²) >= 11 is 7.35. The van der Waals surface area contributed by atoms with E-state index in [-0.39, 0.29) is 17.3 Å². The molecule has 35 heavy (non-hydrogen) atoms. The third-order valence-corrected chi connectivity index (χ3v) is 8.13. The van der Waals surface area contributed by atoms with E-state index in [0.29, 0.717) is 16.7 Å². The largest absolute Gasteiger partial charge is 0.288 e. The van der Waals surface area contributed by atoms with Crippen LogP contribution in [0.25, 0.3) is 22.8 Å². The average Bonchev–Trinajstić information content (AvgIpc) is 2.88. The maximum absolute atomic E-state index is 13.8. The summed E-state index contributed by atoms with van der Waals surface area (Å²) in [7, 11) is 0. The van der Waals surface area contributed by atoms with Gasteiger partial charge in [0.2, 0.25) is 5.78 Å². The van der Waals surface area contributed by atoms with Crippen LogP contribution in [-0.4, -0.2) is 16.6 Å². The summed E-state index contributed by atoms with van der Waals surface area (Å²) in [5.74, 6) is -0.338. The predicted molar refractivity (Wildman–Crippen MR) is 146 cm³/mol. The number of hydrogen-bond acceptors (Lipinski definition) is 3. The van der Waals surface area contributed by atoms with E-state index in [9.17, 15) is 9.59 Å². The van der Waals surface area contributed by atoms with Gasteiger partial charge in [0, 0.05) is 25.6 Å². The zero-order valence-electron chi connectivity index (χ0n) is 18.6. The number of benzene rings is 3. The fourth-order valence-corrected chi connectivity index (χ4v) is 6.00. The first-order valence-corrected chi connectivity index (χ1v) is 13.1. The number of rotatable bonds is 2. The maximum atomic E-state index is 13.8. The van der Waals surface area contributed by atoms with Gasteiger partial charge >= 0.3 is 0 Å². The fraction of sp³-hybridized carbons (Fsp3) is 0.100. The molecular weight excluding hydrogens is 566 g/mol. The minimum atomic E-state index is -0.197. The number of carbonyl (C=O) groups is 2. The molecule has 2 aliphatic rings. The van der Waals surface area contributed by atoms with Crippen molar-refractivity contribution in [3.63, 3.8) is 0 Å². The monoisotopic (exact) mass is 583 g/mol. The number of halogens is 2. The van der Waals surface area contributed by atoms with Crippen LogP contribution >= 0.6 is 31.9 Å². The van der Waals surface area contributed by atoms with Gasteiger partial charge in [-0.15, -0.1) is 0 Å². The Morgan fingerprint density at radius 3 is 2.00 bits per heavy atom. The van der Waals surface area contributed by atoms with Crippen molar-refractivity contribution in [3.05, 3.63) is 121 Å². The van der Waals surface area contributed by atoms with E-state index in [1.165, 1.54) is 0 Å². The summed E-state index contributed by atoms with van der Waals surface area (Å²) < 4.78 is 1.89. The standard InChI is InChI=1S/C30H19Br2NO2/c31-23-14-5-1-8-17(23)16-18-9-7-13-22-25(21-12-4-6-15-24(21)32)26-28(33-27(18)22)30(35)20-11-3-2-10-19(20)29(26)34/h1-6,8,10-12,14-16H,7,9,13H2/b18-16+. The summed E-state index contributed by atoms with van der Waals surface area (Å²) in [5.41, 5.74) is 7.24. The molecule has 0 aliphatic heterocycles. The van der Waals surface area contributed by atoms with E-state index < -0.39 is 0 Å². The number of pyridine rings is 1. The third-order valence-electron chi connectivity index (χ3n) is 6.71. The van der Waals surface area contributed by atoms with Gasteiger partial charge in [-0.25, -0.2) is 4.98 Å². The highest BCUT2D eigenvalue weighted by atomic mass is 79.9. The van der Waals surface area contributed by atoms with Crippen molar-refractivity contribution < 1.29 is 9.59 Å². The smallest absolute Gasteiger partial charge is 0.212 e. The second kappa shape index (κ2) is 8.81. The van der Waals surface area contributed by atoms with E-state index in [4.69, 9.17) is 4.98 Å². The van der Waals surface area contributed by atoms with Crippen LogP contribution in [0.2, 0.25) is 0 Å². The van der Waals surface area contributed by atoms with E-state index in [1.807, 2.05) is 42.5 Å². The molecule has 0 spiro atoms. The normalized spacial score (nSPS) is 15.5. The van der Waals surface area contributed by atoms with Gasteiger partial charge in [-0.3, -0.25) is 9.59 Å². The molecule has 170 valence electrons. The first-order valence-electron chi connectivity index (χ1n) is 11.5. The predicted octanol–water partition coefficient (Wildman–Crippen LogP) is 7.93. The number of fused-ring (bicyclic) bond motifs is 3. The molecule has 0 bridgehead atoms. The van der Waals surface area contributed by atoms with E-state index in [1.54, 1.807) is 24.3 Å². The molecule has 0 N–H and O–H groups in total. The Hall–Kier alpha value is -3.15. The van der Waals surface area contributed by atoms with Gasteiger partial charge in [-0.2, -0.15) is 0 Å². The molecule has 6 rings (SSSR count). The topological polar surface area (TPSA) is 47.0 Å². The molecule has 0 unspecified atom stereocenters. The Morgan fingerprint density at radius 2 is 1.29 bits per heavy atom. The maximum Gasteiger partial charge on any atom is 0.212 e. The van der Waals surface area contributed by atoms with Crippen LogP contribution in [-0.2, 0) is 6.42 Å². The lowest BCUT2D eigenvalue weighted by atomic mass is 9.77. The van der Waals surface area contributed by atoms with Gasteiger partial charge in [0.15, 0.2) is 5.78 Å². The first-order chi connectivity index (χ1) is 17.0. The summed E-state index contributed by atoms with van der Waals surface area (Å²) in [4.78, 5) is 32.4. The van der Waals surface area contributed by atoms with E-state index in [2.05, 4.69) is 44.0 Å². The van der Waals surface area contributed by atoms with Gasteiger partial charge in [0.1, 0.15) is 5.69 Å². The van der Waals surface area contributed by atoms with Gasteiger partial charge in [-0.1, -0.05) is 92.5 Å². The number of aromatic nitrogens is 1. The molecule has 1 aromatic heterocycles. The SMILES string of the molecule is O=C1c2ccccc2C(=O)c2c1nc1c(c2-c2ccccc2Br)CCC/C1=C\c1ccccc1Br. The Balaban J connectivity index is 1.69. The quantitative estimate of drug-likeness (QED) is 0.212. The van der Waals surface area contributed by atoms with Crippen LogP contribution in [0.4, 0.5) is 0 Å². The highest BCUT2D eigenvalue weighted by Gasteiger charge is 2.37. The molecule has 0 fully saturated rings. The number of nitrogens with zero attached hydrogens (tertiary/aromatic N) is 1. The average molecular weight is 585 g/mol. The molecule has 0 radical (unpaired) electrons. The Kier molecular flexibility index (Phi) is 5.62. The van der Waals surface area contributed by atoms with Gasteiger partial charge < -0.3 is 0 Å². The number of carbonyl (C=O) groups excluding carboxylic acids is 2. The van der Waals surface area contributed by atoms with Gasteiger partial charge in [0.05, 0.1) is 11.3 Å². The van der Waals surface area contributed by atoms with Crippen molar-refractivity contribution in [1.82, 2.24) is 4.98 Å². The Morgan fingerprint density at radius 1 is 0.657 bits per heavy atom. The van der Waals surface area contributed by atoms with Crippen LogP contribution in [0.3, 0.4) is 0 Å². The first kappa shape index (κ1) is 22.3. The Labute approximate surface area is 220 Å². The molecule has 0 atom stereocenters. The molecule has 0 saturated carbocycles. The Bertz CT molecular complexity index is 1590. The van der Waals surface area contributed by atoms with Crippen LogP contribution in [0, 0.1) is 0 Å². The fourth-order valence-electron chi connectivity index (χ4n) is 5.11.